The Morgan fingerprint density at radius 3 is 2.51 bits per heavy atom. The van der Waals surface area contributed by atoms with Crippen molar-refractivity contribution >= 4 is 22.9 Å². The van der Waals surface area contributed by atoms with Crippen LogP contribution < -0.4 is 5.32 Å². The molecule has 1 N–H and O–H groups in total. The zero-order valence-corrected chi connectivity index (χ0v) is 21.0. The zero-order valence-electron chi connectivity index (χ0n) is 21.0. The van der Waals surface area contributed by atoms with Crippen LogP contribution in [-0.4, -0.2) is 65.9 Å². The van der Waals surface area contributed by atoms with Gasteiger partial charge < -0.3 is 19.5 Å². The maximum atomic E-state index is 13.2. The summed E-state index contributed by atoms with van der Waals surface area (Å²) in [5.41, 5.74) is 2.87. The van der Waals surface area contributed by atoms with Gasteiger partial charge in [0.15, 0.2) is 5.58 Å². The standard InChI is InChI=1S/C28H36N4O3/c1-4-31(5-2)18-15-29-26(33)20(3)21-13-16-32(17-14-21)28(34)23-11-12-25-24(19-23)30-27(35-25)22-9-7-6-8-10-22/h6-12,19-21H,4-5,13-18H2,1-3H3,(H,29,33)/t20-/m0/s1. The van der Waals surface area contributed by atoms with E-state index in [4.69, 9.17) is 4.42 Å². The van der Waals surface area contributed by atoms with Crippen molar-refractivity contribution in [3.05, 3.63) is 54.1 Å². The lowest BCUT2D eigenvalue weighted by Gasteiger charge is -2.34. The minimum atomic E-state index is -0.0492. The summed E-state index contributed by atoms with van der Waals surface area (Å²) in [6.45, 7) is 11.1. The van der Waals surface area contributed by atoms with E-state index in [1.807, 2.05) is 60.4 Å². The van der Waals surface area contributed by atoms with Gasteiger partial charge in [-0.3, -0.25) is 9.59 Å². The molecule has 1 aliphatic rings. The predicted octanol–water partition coefficient (Wildman–Crippen LogP) is 4.44. The maximum Gasteiger partial charge on any atom is 0.253 e. The minimum Gasteiger partial charge on any atom is -0.436 e. The number of piperidine rings is 1. The molecule has 2 aromatic carbocycles. The molecule has 35 heavy (non-hydrogen) atoms. The van der Waals surface area contributed by atoms with E-state index in [9.17, 15) is 9.59 Å². The monoisotopic (exact) mass is 476 g/mol. The second-order valence-electron chi connectivity index (χ2n) is 9.30. The molecular formula is C28H36N4O3. The van der Waals surface area contributed by atoms with E-state index in [1.165, 1.54) is 0 Å². The lowest BCUT2D eigenvalue weighted by molar-refractivity contribution is -0.126. The Morgan fingerprint density at radius 1 is 1.11 bits per heavy atom. The van der Waals surface area contributed by atoms with Crippen molar-refractivity contribution in [1.82, 2.24) is 20.1 Å². The molecule has 0 spiro atoms. The van der Waals surface area contributed by atoms with Gasteiger partial charge in [0.05, 0.1) is 0 Å². The predicted molar refractivity (Wildman–Crippen MR) is 138 cm³/mol. The number of hydrogen-bond acceptors (Lipinski definition) is 5. The summed E-state index contributed by atoms with van der Waals surface area (Å²) in [4.78, 5) is 34.6. The van der Waals surface area contributed by atoms with Crippen LogP contribution in [0.25, 0.3) is 22.6 Å². The molecular weight excluding hydrogens is 440 g/mol. The van der Waals surface area contributed by atoms with Crippen LogP contribution in [0.2, 0.25) is 0 Å². The topological polar surface area (TPSA) is 78.7 Å². The fourth-order valence-corrected chi connectivity index (χ4v) is 4.80. The Balaban J connectivity index is 1.32. The highest BCUT2D eigenvalue weighted by Crippen LogP contribution is 2.28. The van der Waals surface area contributed by atoms with Gasteiger partial charge in [-0.25, -0.2) is 4.98 Å². The van der Waals surface area contributed by atoms with Crippen LogP contribution in [-0.2, 0) is 4.79 Å². The molecule has 186 valence electrons. The second-order valence-corrected chi connectivity index (χ2v) is 9.30. The Kier molecular flexibility index (Phi) is 8.18. The molecule has 1 atom stereocenters. The molecule has 1 aromatic heterocycles. The van der Waals surface area contributed by atoms with Crippen LogP contribution >= 0.6 is 0 Å². The summed E-state index contributed by atoms with van der Waals surface area (Å²) in [5, 5.41) is 3.09. The van der Waals surface area contributed by atoms with Crippen LogP contribution in [0, 0.1) is 11.8 Å². The Morgan fingerprint density at radius 2 is 1.83 bits per heavy atom. The molecule has 1 aliphatic heterocycles. The summed E-state index contributed by atoms with van der Waals surface area (Å²) >= 11 is 0. The zero-order chi connectivity index (χ0) is 24.8. The molecule has 7 nitrogen and oxygen atoms in total. The largest absolute Gasteiger partial charge is 0.436 e. The number of carbonyl (C=O) groups is 2. The number of likely N-dealkylation sites (N-methyl/N-ethyl adjacent to an activating group) is 1. The summed E-state index contributed by atoms with van der Waals surface area (Å²) in [6, 6.07) is 15.2. The van der Waals surface area contributed by atoms with E-state index in [2.05, 4.69) is 29.0 Å². The molecule has 2 amide bonds. The van der Waals surface area contributed by atoms with Gasteiger partial charge in [-0.2, -0.15) is 0 Å². The molecule has 0 saturated carbocycles. The third-order valence-electron chi connectivity index (χ3n) is 7.22. The van der Waals surface area contributed by atoms with E-state index in [1.54, 1.807) is 0 Å². The van der Waals surface area contributed by atoms with Crippen LogP contribution in [0.3, 0.4) is 0 Å². The average molecular weight is 477 g/mol. The molecule has 1 fully saturated rings. The van der Waals surface area contributed by atoms with E-state index < -0.39 is 0 Å². The molecule has 2 heterocycles. The summed E-state index contributed by atoms with van der Waals surface area (Å²) in [5.74, 6) is 0.916. The van der Waals surface area contributed by atoms with Gasteiger partial charge in [0.1, 0.15) is 5.52 Å². The van der Waals surface area contributed by atoms with Crippen molar-refractivity contribution in [2.75, 3.05) is 39.3 Å². The molecule has 7 heteroatoms. The minimum absolute atomic E-state index is 0.00550. The highest BCUT2D eigenvalue weighted by molar-refractivity contribution is 5.97. The van der Waals surface area contributed by atoms with Crippen LogP contribution in [0.1, 0.15) is 44.0 Å². The number of carbonyl (C=O) groups excluding carboxylic acids is 2. The van der Waals surface area contributed by atoms with Gasteiger partial charge in [-0.1, -0.05) is 39.0 Å². The van der Waals surface area contributed by atoms with Gasteiger partial charge in [0.2, 0.25) is 11.8 Å². The van der Waals surface area contributed by atoms with Crippen LogP contribution in [0.5, 0.6) is 0 Å². The SMILES string of the molecule is CCN(CC)CCNC(=O)[C@@H](C)C1CCN(C(=O)c2ccc3oc(-c4ccccc4)nc3c2)CC1. The molecule has 3 aromatic rings. The highest BCUT2D eigenvalue weighted by atomic mass is 16.3. The van der Waals surface area contributed by atoms with Crippen LogP contribution in [0.15, 0.2) is 52.9 Å². The Bertz CT molecular complexity index is 1130. The number of amides is 2. The number of benzene rings is 2. The molecule has 0 bridgehead atoms. The van der Waals surface area contributed by atoms with Gasteiger partial charge in [-0.15, -0.1) is 0 Å². The fourth-order valence-electron chi connectivity index (χ4n) is 4.80. The lowest BCUT2D eigenvalue weighted by Crippen LogP contribution is -2.43. The molecule has 0 aliphatic carbocycles. The summed E-state index contributed by atoms with van der Waals surface area (Å²) in [7, 11) is 0. The van der Waals surface area contributed by atoms with Gasteiger partial charge in [-0.05, 0) is 62.2 Å². The number of nitrogens with zero attached hydrogens (tertiary/aromatic N) is 3. The first-order valence-electron chi connectivity index (χ1n) is 12.8. The normalized spacial score (nSPS) is 15.5. The molecule has 0 unspecified atom stereocenters. The summed E-state index contributed by atoms with van der Waals surface area (Å²) < 4.78 is 5.87. The van der Waals surface area contributed by atoms with Crippen LogP contribution in [0.4, 0.5) is 0 Å². The van der Waals surface area contributed by atoms with E-state index in [0.29, 0.717) is 48.1 Å². The number of fused-ring (bicyclic) bond motifs is 1. The van der Waals surface area contributed by atoms with Gasteiger partial charge in [0.25, 0.3) is 5.91 Å². The number of oxazole rings is 1. The molecule has 4 rings (SSSR count). The maximum absolute atomic E-state index is 13.2. The first kappa shape index (κ1) is 24.9. The Hall–Kier alpha value is -3.19. The first-order valence-corrected chi connectivity index (χ1v) is 12.8. The summed E-state index contributed by atoms with van der Waals surface area (Å²) in [6.07, 6.45) is 1.67. The quantitative estimate of drug-likeness (QED) is 0.494. The number of hydrogen-bond donors (Lipinski definition) is 1. The fraction of sp³-hybridized carbons (Fsp3) is 0.464. The highest BCUT2D eigenvalue weighted by Gasteiger charge is 2.30. The second kappa shape index (κ2) is 11.5. The smallest absolute Gasteiger partial charge is 0.253 e. The molecule has 0 radical (unpaired) electrons. The third-order valence-corrected chi connectivity index (χ3v) is 7.22. The van der Waals surface area contributed by atoms with Gasteiger partial charge >= 0.3 is 0 Å². The van der Waals surface area contributed by atoms with Crippen molar-refractivity contribution < 1.29 is 14.0 Å². The van der Waals surface area contributed by atoms with Crippen molar-refractivity contribution in [3.8, 4) is 11.5 Å². The van der Waals surface area contributed by atoms with E-state index in [0.717, 1.165) is 38.0 Å². The van der Waals surface area contributed by atoms with Crippen molar-refractivity contribution in [1.29, 1.82) is 0 Å². The Labute approximate surface area is 207 Å². The number of aromatic nitrogens is 1. The third kappa shape index (κ3) is 5.90. The number of nitrogens with one attached hydrogen (secondary N) is 1. The van der Waals surface area contributed by atoms with E-state index >= 15 is 0 Å². The van der Waals surface area contributed by atoms with Gasteiger partial charge in [0, 0.05) is 43.2 Å². The first-order chi connectivity index (χ1) is 17.0. The van der Waals surface area contributed by atoms with Crippen molar-refractivity contribution in [2.45, 2.75) is 33.6 Å². The number of rotatable bonds is 9. The lowest BCUT2D eigenvalue weighted by atomic mass is 9.84. The van der Waals surface area contributed by atoms with E-state index in [-0.39, 0.29) is 17.7 Å². The van der Waals surface area contributed by atoms with Crippen molar-refractivity contribution in [3.63, 3.8) is 0 Å². The number of likely N-dealkylation sites (tertiary alicyclic amines) is 1. The molecule has 1 saturated heterocycles. The average Bonchev–Trinajstić information content (AvgIpc) is 3.34. The van der Waals surface area contributed by atoms with Crippen molar-refractivity contribution in [2.24, 2.45) is 11.8 Å².